The Morgan fingerprint density at radius 1 is 1.17 bits per heavy atom. The maximum atomic E-state index is 12.6. The van der Waals surface area contributed by atoms with Crippen molar-refractivity contribution in [1.82, 2.24) is 14.3 Å². The standard InChI is InChI=1S/C18H23N3O2/c1-11-16(12(2)23-19-11)13-7-8-14-15(9-13)20(6)17(22)21(14)10-18(3,4)5/h7-9H,10H2,1-6H3. The molecular formula is C18H23N3O2. The fourth-order valence-corrected chi connectivity index (χ4v) is 3.09. The lowest BCUT2D eigenvalue weighted by Crippen LogP contribution is -2.27. The van der Waals surface area contributed by atoms with Crippen molar-refractivity contribution in [1.29, 1.82) is 0 Å². The Balaban J connectivity index is 2.23. The minimum Gasteiger partial charge on any atom is -0.361 e. The third kappa shape index (κ3) is 2.60. The SMILES string of the molecule is Cc1noc(C)c1-c1ccc2c(c1)n(C)c(=O)n2CC(C)(C)C. The highest BCUT2D eigenvalue weighted by atomic mass is 16.5. The Labute approximate surface area is 135 Å². The molecule has 0 saturated heterocycles. The molecule has 0 amide bonds. The van der Waals surface area contributed by atoms with Crippen molar-refractivity contribution in [3.63, 3.8) is 0 Å². The van der Waals surface area contributed by atoms with Crippen LogP contribution in [0.25, 0.3) is 22.2 Å². The first-order valence-corrected chi connectivity index (χ1v) is 7.81. The van der Waals surface area contributed by atoms with Crippen LogP contribution in [-0.2, 0) is 13.6 Å². The Kier molecular flexibility index (Phi) is 3.47. The van der Waals surface area contributed by atoms with Crippen LogP contribution < -0.4 is 5.69 Å². The van der Waals surface area contributed by atoms with Gasteiger partial charge in [-0.3, -0.25) is 9.13 Å². The van der Waals surface area contributed by atoms with E-state index >= 15 is 0 Å². The normalized spacial score (nSPS) is 12.3. The lowest BCUT2D eigenvalue weighted by atomic mass is 9.97. The molecule has 3 aromatic rings. The van der Waals surface area contributed by atoms with Gasteiger partial charge in [-0.2, -0.15) is 0 Å². The number of benzene rings is 1. The minimum atomic E-state index is 0.0193. The van der Waals surface area contributed by atoms with Crippen molar-refractivity contribution in [2.24, 2.45) is 12.5 Å². The molecule has 0 aliphatic rings. The van der Waals surface area contributed by atoms with Gasteiger partial charge in [-0.25, -0.2) is 4.79 Å². The molecule has 1 aromatic carbocycles. The molecule has 0 unspecified atom stereocenters. The highest BCUT2D eigenvalue weighted by molar-refractivity contribution is 5.83. The summed E-state index contributed by atoms with van der Waals surface area (Å²) >= 11 is 0. The summed E-state index contributed by atoms with van der Waals surface area (Å²) in [6, 6.07) is 6.10. The molecule has 0 bridgehead atoms. The van der Waals surface area contributed by atoms with Crippen LogP contribution in [0.3, 0.4) is 0 Å². The Hall–Kier alpha value is -2.30. The fraction of sp³-hybridized carbons (Fsp3) is 0.444. The van der Waals surface area contributed by atoms with Gasteiger partial charge in [0, 0.05) is 19.2 Å². The average molecular weight is 313 g/mol. The molecule has 2 aromatic heterocycles. The predicted octanol–water partition coefficient (Wildman–Crippen LogP) is 3.66. The molecular weight excluding hydrogens is 290 g/mol. The van der Waals surface area contributed by atoms with E-state index in [0.29, 0.717) is 6.54 Å². The molecule has 5 heteroatoms. The predicted molar refractivity (Wildman–Crippen MR) is 91.6 cm³/mol. The van der Waals surface area contributed by atoms with Gasteiger partial charge in [-0.1, -0.05) is 32.0 Å². The van der Waals surface area contributed by atoms with Gasteiger partial charge in [-0.15, -0.1) is 0 Å². The summed E-state index contributed by atoms with van der Waals surface area (Å²) in [6.45, 7) is 10.9. The van der Waals surface area contributed by atoms with Crippen molar-refractivity contribution in [3.8, 4) is 11.1 Å². The van der Waals surface area contributed by atoms with E-state index in [0.717, 1.165) is 33.6 Å². The third-order valence-electron chi connectivity index (χ3n) is 4.10. The maximum Gasteiger partial charge on any atom is 0.328 e. The molecule has 0 aliphatic heterocycles. The van der Waals surface area contributed by atoms with E-state index in [-0.39, 0.29) is 11.1 Å². The molecule has 5 nitrogen and oxygen atoms in total. The van der Waals surface area contributed by atoms with Crippen LogP contribution in [-0.4, -0.2) is 14.3 Å². The summed E-state index contributed by atoms with van der Waals surface area (Å²) in [5.41, 5.74) is 4.84. The number of rotatable bonds is 2. The number of nitrogens with zero attached hydrogens (tertiary/aromatic N) is 3. The molecule has 0 spiro atoms. The summed E-state index contributed by atoms with van der Waals surface area (Å²) in [4.78, 5) is 12.6. The van der Waals surface area contributed by atoms with Crippen LogP contribution in [0, 0.1) is 19.3 Å². The molecule has 23 heavy (non-hydrogen) atoms. The van der Waals surface area contributed by atoms with Gasteiger partial charge in [-0.05, 0) is 37.0 Å². The van der Waals surface area contributed by atoms with E-state index in [4.69, 9.17) is 4.52 Å². The van der Waals surface area contributed by atoms with Gasteiger partial charge in [0.1, 0.15) is 5.76 Å². The number of hydrogen-bond acceptors (Lipinski definition) is 3. The highest BCUT2D eigenvalue weighted by Gasteiger charge is 2.19. The first-order valence-electron chi connectivity index (χ1n) is 7.81. The molecule has 0 aliphatic carbocycles. The lowest BCUT2D eigenvalue weighted by Gasteiger charge is -2.18. The summed E-state index contributed by atoms with van der Waals surface area (Å²) in [6.07, 6.45) is 0. The molecule has 2 heterocycles. The van der Waals surface area contributed by atoms with Crippen molar-refractivity contribution >= 4 is 11.0 Å². The van der Waals surface area contributed by atoms with Crippen molar-refractivity contribution in [3.05, 3.63) is 40.1 Å². The monoisotopic (exact) mass is 313 g/mol. The first kappa shape index (κ1) is 15.6. The number of fused-ring (bicyclic) bond motifs is 1. The van der Waals surface area contributed by atoms with Crippen LogP contribution in [0.2, 0.25) is 0 Å². The molecule has 0 fully saturated rings. The largest absolute Gasteiger partial charge is 0.361 e. The average Bonchev–Trinajstić information content (AvgIpc) is 2.90. The van der Waals surface area contributed by atoms with Gasteiger partial charge >= 0.3 is 5.69 Å². The minimum absolute atomic E-state index is 0.0193. The zero-order valence-corrected chi connectivity index (χ0v) is 14.6. The first-order chi connectivity index (χ1) is 10.7. The van der Waals surface area contributed by atoms with E-state index in [2.05, 4.69) is 25.9 Å². The topological polar surface area (TPSA) is 53.0 Å². The summed E-state index contributed by atoms with van der Waals surface area (Å²) in [5.74, 6) is 0.793. The summed E-state index contributed by atoms with van der Waals surface area (Å²) in [5, 5.41) is 4.02. The molecule has 0 radical (unpaired) electrons. The van der Waals surface area contributed by atoms with E-state index in [1.54, 1.807) is 4.57 Å². The Morgan fingerprint density at radius 2 is 1.87 bits per heavy atom. The number of aromatic nitrogens is 3. The van der Waals surface area contributed by atoms with E-state index in [1.165, 1.54) is 0 Å². The summed E-state index contributed by atoms with van der Waals surface area (Å²) < 4.78 is 8.83. The Bertz CT molecular complexity index is 916. The highest BCUT2D eigenvalue weighted by Crippen LogP contribution is 2.30. The zero-order valence-electron chi connectivity index (χ0n) is 14.6. The van der Waals surface area contributed by atoms with Crippen LogP contribution in [0.1, 0.15) is 32.2 Å². The third-order valence-corrected chi connectivity index (χ3v) is 4.10. The van der Waals surface area contributed by atoms with Crippen molar-refractivity contribution in [2.45, 2.75) is 41.2 Å². The second-order valence-corrected chi connectivity index (χ2v) is 7.39. The van der Waals surface area contributed by atoms with Gasteiger partial charge < -0.3 is 4.52 Å². The van der Waals surface area contributed by atoms with E-state index < -0.39 is 0 Å². The molecule has 0 atom stereocenters. The van der Waals surface area contributed by atoms with Crippen LogP contribution in [0.4, 0.5) is 0 Å². The van der Waals surface area contributed by atoms with E-state index in [9.17, 15) is 4.79 Å². The quantitative estimate of drug-likeness (QED) is 0.725. The smallest absolute Gasteiger partial charge is 0.328 e. The molecule has 0 saturated carbocycles. The van der Waals surface area contributed by atoms with Gasteiger partial charge in [0.05, 0.1) is 16.7 Å². The van der Waals surface area contributed by atoms with Crippen LogP contribution in [0.5, 0.6) is 0 Å². The molecule has 122 valence electrons. The molecule has 3 rings (SSSR count). The van der Waals surface area contributed by atoms with Gasteiger partial charge in [0.15, 0.2) is 0 Å². The lowest BCUT2D eigenvalue weighted by molar-refractivity contribution is 0.342. The second kappa shape index (κ2) is 5.11. The number of aryl methyl sites for hydroxylation is 3. The number of imidazole rings is 1. The van der Waals surface area contributed by atoms with Gasteiger partial charge in [0.25, 0.3) is 0 Å². The summed E-state index contributed by atoms with van der Waals surface area (Å²) in [7, 11) is 1.82. The van der Waals surface area contributed by atoms with Crippen molar-refractivity contribution in [2.75, 3.05) is 0 Å². The fourth-order valence-electron chi connectivity index (χ4n) is 3.09. The van der Waals surface area contributed by atoms with Crippen molar-refractivity contribution < 1.29 is 4.52 Å². The van der Waals surface area contributed by atoms with E-state index in [1.807, 2.05) is 43.7 Å². The maximum absolute atomic E-state index is 12.6. The number of hydrogen-bond donors (Lipinski definition) is 0. The Morgan fingerprint density at radius 3 is 2.43 bits per heavy atom. The zero-order chi connectivity index (χ0) is 16.9. The van der Waals surface area contributed by atoms with Gasteiger partial charge in [0.2, 0.25) is 0 Å². The van der Waals surface area contributed by atoms with Crippen LogP contribution in [0.15, 0.2) is 27.5 Å². The second-order valence-electron chi connectivity index (χ2n) is 7.39. The van der Waals surface area contributed by atoms with Crippen LogP contribution >= 0.6 is 0 Å². The molecule has 0 N–H and O–H groups in total.